The monoisotopic (exact) mass is 337 g/mol. The van der Waals surface area contributed by atoms with Crippen molar-refractivity contribution in [3.63, 3.8) is 0 Å². The molecule has 3 heterocycles. The number of amides is 1. The van der Waals surface area contributed by atoms with Crippen molar-refractivity contribution in [3.8, 4) is 5.82 Å². The highest BCUT2D eigenvalue weighted by molar-refractivity contribution is 6.02. The minimum Gasteiger partial charge on any atom is -0.354 e. The number of H-pyrrole nitrogens is 1. The van der Waals surface area contributed by atoms with E-state index in [2.05, 4.69) is 20.3 Å². The van der Waals surface area contributed by atoms with Crippen LogP contribution in [0.4, 0.5) is 0 Å². The highest BCUT2D eigenvalue weighted by Gasteiger charge is 2.19. The number of aromatic amines is 1. The Bertz CT molecular complexity index is 908. The fourth-order valence-electron chi connectivity index (χ4n) is 2.84. The van der Waals surface area contributed by atoms with Crippen LogP contribution in [0.1, 0.15) is 44.6 Å². The molecule has 0 saturated heterocycles. The van der Waals surface area contributed by atoms with E-state index < -0.39 is 0 Å². The first-order valence-corrected chi connectivity index (χ1v) is 7.89. The Morgan fingerprint density at radius 1 is 1.28 bits per heavy atom. The van der Waals surface area contributed by atoms with Gasteiger partial charge in [-0.1, -0.05) is 6.07 Å². The van der Waals surface area contributed by atoms with Crippen LogP contribution in [-0.4, -0.2) is 31.2 Å². The molecule has 7 heteroatoms. The number of aromatic nitrogens is 4. The third-order valence-electron chi connectivity index (χ3n) is 4.05. The van der Waals surface area contributed by atoms with E-state index >= 15 is 0 Å². The first kappa shape index (κ1) is 16.6. The number of carbonyl (C=O) groups is 2. The molecule has 0 atom stereocenters. The van der Waals surface area contributed by atoms with E-state index in [-0.39, 0.29) is 11.7 Å². The third-order valence-corrected chi connectivity index (χ3v) is 4.05. The zero-order valence-corrected chi connectivity index (χ0v) is 14.3. The van der Waals surface area contributed by atoms with E-state index in [1.54, 1.807) is 37.1 Å². The summed E-state index contributed by atoms with van der Waals surface area (Å²) in [6, 6.07) is 3.76. The molecule has 0 bridgehead atoms. The van der Waals surface area contributed by atoms with Gasteiger partial charge in [0, 0.05) is 36.4 Å². The largest absolute Gasteiger partial charge is 0.354 e. The number of carbonyl (C=O) groups excluding carboxylic acids is 2. The maximum Gasteiger partial charge on any atom is 0.268 e. The van der Waals surface area contributed by atoms with Crippen molar-refractivity contribution in [1.82, 2.24) is 24.8 Å². The molecule has 7 nitrogen and oxygen atoms in total. The van der Waals surface area contributed by atoms with E-state index in [9.17, 15) is 9.59 Å². The Labute approximate surface area is 145 Å². The maximum atomic E-state index is 12.4. The van der Waals surface area contributed by atoms with Gasteiger partial charge in [0.1, 0.15) is 17.8 Å². The Hall–Kier alpha value is -3.22. The zero-order valence-electron chi connectivity index (χ0n) is 14.3. The average molecular weight is 337 g/mol. The van der Waals surface area contributed by atoms with Crippen LogP contribution in [0.2, 0.25) is 0 Å². The van der Waals surface area contributed by atoms with Crippen LogP contribution in [0.3, 0.4) is 0 Å². The van der Waals surface area contributed by atoms with Gasteiger partial charge >= 0.3 is 0 Å². The van der Waals surface area contributed by atoms with Crippen LogP contribution in [-0.2, 0) is 6.54 Å². The quantitative estimate of drug-likeness (QED) is 0.699. The van der Waals surface area contributed by atoms with Crippen LogP contribution in [0.5, 0.6) is 0 Å². The van der Waals surface area contributed by atoms with Crippen molar-refractivity contribution in [3.05, 3.63) is 65.1 Å². The highest BCUT2D eigenvalue weighted by atomic mass is 16.2. The molecule has 2 N–H and O–H groups in total. The molecule has 0 spiro atoms. The first-order valence-electron chi connectivity index (χ1n) is 7.89. The lowest BCUT2D eigenvalue weighted by molar-refractivity contribution is 0.0945. The Morgan fingerprint density at radius 2 is 2.08 bits per heavy atom. The van der Waals surface area contributed by atoms with Gasteiger partial charge in [-0.3, -0.25) is 14.2 Å². The Kier molecular flexibility index (Phi) is 4.47. The fraction of sp³-hybridized carbons (Fsp3) is 0.222. The van der Waals surface area contributed by atoms with Crippen molar-refractivity contribution >= 4 is 11.7 Å². The maximum absolute atomic E-state index is 12.4. The van der Waals surface area contributed by atoms with Crippen LogP contribution >= 0.6 is 0 Å². The van der Waals surface area contributed by atoms with Gasteiger partial charge in [-0.15, -0.1) is 0 Å². The molecule has 0 aromatic carbocycles. The van der Waals surface area contributed by atoms with Crippen LogP contribution < -0.4 is 5.32 Å². The normalized spacial score (nSPS) is 10.7. The van der Waals surface area contributed by atoms with Gasteiger partial charge in [0.15, 0.2) is 5.78 Å². The van der Waals surface area contributed by atoms with Crippen molar-refractivity contribution < 1.29 is 9.59 Å². The molecule has 1 amide bonds. The molecule has 0 saturated carbocycles. The lowest BCUT2D eigenvalue weighted by Gasteiger charge is -2.06. The summed E-state index contributed by atoms with van der Waals surface area (Å²) in [5.74, 6) is 0.464. The molecule has 0 aliphatic rings. The smallest absolute Gasteiger partial charge is 0.268 e. The van der Waals surface area contributed by atoms with Crippen LogP contribution in [0.15, 0.2) is 37.1 Å². The second kappa shape index (κ2) is 6.72. The number of hydrogen-bond acceptors (Lipinski definition) is 4. The van der Waals surface area contributed by atoms with Gasteiger partial charge in [0.25, 0.3) is 5.91 Å². The summed E-state index contributed by atoms with van der Waals surface area (Å²) in [4.78, 5) is 35.4. The Balaban J connectivity index is 1.68. The van der Waals surface area contributed by atoms with Crippen molar-refractivity contribution in [2.75, 3.05) is 0 Å². The first-order chi connectivity index (χ1) is 12.0. The van der Waals surface area contributed by atoms with Gasteiger partial charge in [-0.2, -0.15) is 0 Å². The zero-order chi connectivity index (χ0) is 18.0. The van der Waals surface area contributed by atoms with Crippen molar-refractivity contribution in [2.24, 2.45) is 0 Å². The molecular weight excluding hydrogens is 318 g/mol. The number of imidazole rings is 1. The molecule has 3 rings (SSSR count). The molecule has 0 radical (unpaired) electrons. The highest BCUT2D eigenvalue weighted by Crippen LogP contribution is 2.18. The summed E-state index contributed by atoms with van der Waals surface area (Å²) in [6.45, 7) is 5.41. The lowest BCUT2D eigenvalue weighted by atomic mass is 10.1. The molecule has 25 heavy (non-hydrogen) atoms. The third kappa shape index (κ3) is 3.35. The number of rotatable bonds is 5. The van der Waals surface area contributed by atoms with E-state index in [1.165, 1.54) is 6.92 Å². The summed E-state index contributed by atoms with van der Waals surface area (Å²) in [6.07, 6.45) is 6.88. The van der Waals surface area contributed by atoms with Crippen LogP contribution in [0, 0.1) is 13.8 Å². The summed E-state index contributed by atoms with van der Waals surface area (Å²) in [5, 5.41) is 2.85. The molecule has 128 valence electrons. The fourth-order valence-corrected chi connectivity index (χ4v) is 2.84. The molecule has 0 unspecified atom stereocenters. The summed E-state index contributed by atoms with van der Waals surface area (Å²) >= 11 is 0. The van der Waals surface area contributed by atoms with Gasteiger partial charge in [-0.05, 0) is 38.0 Å². The second-order valence-corrected chi connectivity index (χ2v) is 5.86. The molecule has 0 aliphatic heterocycles. The lowest BCUT2D eigenvalue weighted by Crippen LogP contribution is -2.24. The molecule has 3 aromatic rings. The van der Waals surface area contributed by atoms with Crippen LogP contribution in [0.25, 0.3) is 5.82 Å². The Morgan fingerprint density at radius 3 is 2.64 bits per heavy atom. The minimum atomic E-state index is -0.244. The van der Waals surface area contributed by atoms with Gasteiger partial charge < -0.3 is 10.3 Å². The predicted octanol–water partition coefficient (Wildman–Crippen LogP) is 2.34. The molecule has 0 aliphatic carbocycles. The minimum absolute atomic E-state index is 0.0513. The molecule has 3 aromatic heterocycles. The summed E-state index contributed by atoms with van der Waals surface area (Å²) < 4.78 is 1.80. The molecule has 0 fully saturated rings. The number of nitrogens with zero attached hydrogens (tertiary/aromatic N) is 3. The average Bonchev–Trinajstić information content (AvgIpc) is 3.21. The number of aryl methyl sites for hydroxylation is 1. The predicted molar refractivity (Wildman–Crippen MR) is 92.8 cm³/mol. The van der Waals surface area contributed by atoms with E-state index in [4.69, 9.17) is 0 Å². The van der Waals surface area contributed by atoms with E-state index in [0.29, 0.717) is 29.1 Å². The van der Waals surface area contributed by atoms with Crippen molar-refractivity contribution in [1.29, 1.82) is 0 Å². The van der Waals surface area contributed by atoms with Gasteiger partial charge in [0.2, 0.25) is 0 Å². The standard InChI is InChI=1S/C18H19N5O2/c1-11-16(13(3)24)12(2)22-17(11)18(25)21-9-14-4-5-15(20-8-14)23-7-6-19-10-23/h4-8,10,22H,9H2,1-3H3,(H,21,25). The summed E-state index contributed by atoms with van der Waals surface area (Å²) in [5.41, 5.74) is 3.27. The summed E-state index contributed by atoms with van der Waals surface area (Å²) in [7, 11) is 0. The topological polar surface area (TPSA) is 92.7 Å². The number of Topliss-reactive ketones (excluding diaryl/α,β-unsaturated/α-hetero) is 1. The van der Waals surface area contributed by atoms with Gasteiger partial charge in [0.05, 0.1) is 0 Å². The second-order valence-electron chi connectivity index (χ2n) is 5.86. The van der Waals surface area contributed by atoms with Gasteiger partial charge in [-0.25, -0.2) is 9.97 Å². The van der Waals surface area contributed by atoms with E-state index in [0.717, 1.165) is 11.4 Å². The van der Waals surface area contributed by atoms with Crippen molar-refractivity contribution in [2.45, 2.75) is 27.3 Å². The SMILES string of the molecule is CC(=O)c1c(C)[nH]c(C(=O)NCc2ccc(-n3ccnc3)nc2)c1C. The number of nitrogens with one attached hydrogen (secondary N) is 2. The van der Waals surface area contributed by atoms with E-state index in [1.807, 2.05) is 18.3 Å². The number of ketones is 1. The number of pyridine rings is 1. The molecular formula is C18H19N5O2. The number of hydrogen-bond donors (Lipinski definition) is 2.